The molecule has 18 heavy (non-hydrogen) atoms. The van der Waals surface area contributed by atoms with E-state index in [0.717, 1.165) is 18.6 Å². The first-order chi connectivity index (χ1) is 8.76. The van der Waals surface area contributed by atoms with Gasteiger partial charge in [-0.15, -0.1) is 0 Å². The van der Waals surface area contributed by atoms with E-state index in [-0.39, 0.29) is 11.6 Å². The molecule has 2 fully saturated rings. The van der Waals surface area contributed by atoms with Crippen molar-refractivity contribution in [2.75, 3.05) is 13.2 Å². The SMILES string of the molecule is NC1(c2cccc(OC3COC3)c2)CCCCC1. The molecule has 2 aliphatic rings. The fraction of sp³-hybridized carbons (Fsp3) is 0.600. The molecule has 1 aliphatic heterocycles. The van der Waals surface area contributed by atoms with Gasteiger partial charge in [0.15, 0.2) is 0 Å². The quantitative estimate of drug-likeness (QED) is 0.893. The minimum atomic E-state index is -0.145. The molecule has 3 rings (SSSR count). The largest absolute Gasteiger partial charge is 0.486 e. The van der Waals surface area contributed by atoms with Crippen molar-refractivity contribution < 1.29 is 9.47 Å². The highest BCUT2D eigenvalue weighted by atomic mass is 16.6. The van der Waals surface area contributed by atoms with Gasteiger partial charge in [0.05, 0.1) is 13.2 Å². The fourth-order valence-electron chi connectivity index (χ4n) is 2.83. The second kappa shape index (κ2) is 4.90. The van der Waals surface area contributed by atoms with Gasteiger partial charge in [-0.25, -0.2) is 0 Å². The van der Waals surface area contributed by atoms with Crippen molar-refractivity contribution in [1.29, 1.82) is 0 Å². The summed E-state index contributed by atoms with van der Waals surface area (Å²) in [6.07, 6.45) is 6.18. The number of benzene rings is 1. The Morgan fingerprint density at radius 3 is 2.61 bits per heavy atom. The third-order valence-electron chi connectivity index (χ3n) is 4.06. The van der Waals surface area contributed by atoms with Gasteiger partial charge in [-0.2, -0.15) is 0 Å². The van der Waals surface area contributed by atoms with Crippen molar-refractivity contribution in [3.8, 4) is 5.75 Å². The van der Waals surface area contributed by atoms with E-state index in [9.17, 15) is 0 Å². The van der Waals surface area contributed by atoms with Crippen LogP contribution < -0.4 is 10.5 Å². The Kier molecular flexibility index (Phi) is 3.27. The predicted molar refractivity (Wildman–Crippen MR) is 70.6 cm³/mol. The molecule has 1 saturated heterocycles. The van der Waals surface area contributed by atoms with Crippen LogP contribution in [-0.4, -0.2) is 19.3 Å². The van der Waals surface area contributed by atoms with Gasteiger partial charge in [0.2, 0.25) is 0 Å². The standard InChI is InChI=1S/C15H21NO2/c16-15(7-2-1-3-8-15)12-5-4-6-13(9-12)18-14-10-17-11-14/h4-6,9,14H,1-3,7-8,10-11,16H2. The molecular weight excluding hydrogens is 226 g/mol. The summed E-state index contributed by atoms with van der Waals surface area (Å²) in [5, 5.41) is 0. The minimum absolute atomic E-state index is 0.145. The van der Waals surface area contributed by atoms with E-state index < -0.39 is 0 Å². The Hall–Kier alpha value is -1.06. The first-order valence-corrected chi connectivity index (χ1v) is 6.90. The molecule has 0 atom stereocenters. The second-order valence-electron chi connectivity index (χ2n) is 5.52. The molecular formula is C15H21NO2. The second-order valence-corrected chi connectivity index (χ2v) is 5.52. The molecule has 3 nitrogen and oxygen atoms in total. The van der Waals surface area contributed by atoms with Crippen LogP contribution in [0, 0.1) is 0 Å². The summed E-state index contributed by atoms with van der Waals surface area (Å²) in [6.45, 7) is 1.41. The highest BCUT2D eigenvalue weighted by molar-refractivity contribution is 5.33. The molecule has 0 unspecified atom stereocenters. The lowest BCUT2D eigenvalue weighted by molar-refractivity contribution is -0.0797. The van der Waals surface area contributed by atoms with Gasteiger partial charge >= 0.3 is 0 Å². The summed E-state index contributed by atoms with van der Waals surface area (Å²) < 4.78 is 11.0. The molecule has 0 bridgehead atoms. The Morgan fingerprint density at radius 1 is 1.17 bits per heavy atom. The zero-order valence-corrected chi connectivity index (χ0v) is 10.7. The zero-order chi connectivity index (χ0) is 12.4. The average molecular weight is 247 g/mol. The van der Waals surface area contributed by atoms with Crippen molar-refractivity contribution >= 4 is 0 Å². The van der Waals surface area contributed by atoms with Crippen LogP contribution >= 0.6 is 0 Å². The van der Waals surface area contributed by atoms with E-state index in [1.807, 2.05) is 12.1 Å². The molecule has 0 spiro atoms. The molecule has 0 amide bonds. The van der Waals surface area contributed by atoms with Crippen molar-refractivity contribution in [2.24, 2.45) is 5.73 Å². The molecule has 3 heteroatoms. The van der Waals surface area contributed by atoms with Crippen LogP contribution in [0.4, 0.5) is 0 Å². The van der Waals surface area contributed by atoms with Crippen LogP contribution in [0.15, 0.2) is 24.3 Å². The lowest BCUT2D eigenvalue weighted by Crippen LogP contribution is -2.39. The van der Waals surface area contributed by atoms with Crippen LogP contribution in [0.1, 0.15) is 37.7 Å². The highest BCUT2D eigenvalue weighted by Gasteiger charge is 2.30. The summed E-state index contributed by atoms with van der Waals surface area (Å²) >= 11 is 0. The Bertz CT molecular complexity index is 409. The average Bonchev–Trinajstić information content (AvgIpc) is 2.35. The highest BCUT2D eigenvalue weighted by Crippen LogP contribution is 2.36. The molecule has 98 valence electrons. The minimum Gasteiger partial charge on any atom is -0.486 e. The summed E-state index contributed by atoms with van der Waals surface area (Å²) in [6, 6.07) is 8.31. The van der Waals surface area contributed by atoms with Crippen molar-refractivity contribution in [3.05, 3.63) is 29.8 Å². The molecule has 2 N–H and O–H groups in total. The van der Waals surface area contributed by atoms with Crippen molar-refractivity contribution in [2.45, 2.75) is 43.7 Å². The van der Waals surface area contributed by atoms with Crippen LogP contribution in [0.3, 0.4) is 0 Å². The maximum Gasteiger partial charge on any atom is 0.145 e. The Morgan fingerprint density at radius 2 is 1.94 bits per heavy atom. The predicted octanol–water partition coefficient (Wildman–Crippen LogP) is 2.58. The molecule has 1 aliphatic carbocycles. The van der Waals surface area contributed by atoms with E-state index in [1.54, 1.807) is 0 Å². The van der Waals surface area contributed by atoms with Gasteiger partial charge in [0.1, 0.15) is 11.9 Å². The number of ether oxygens (including phenoxy) is 2. The summed E-state index contributed by atoms with van der Waals surface area (Å²) in [4.78, 5) is 0. The summed E-state index contributed by atoms with van der Waals surface area (Å²) in [5.41, 5.74) is 7.62. The van der Waals surface area contributed by atoms with Crippen LogP contribution in [0.5, 0.6) is 5.75 Å². The third kappa shape index (κ3) is 2.38. The van der Waals surface area contributed by atoms with Gasteiger partial charge in [-0.3, -0.25) is 0 Å². The first-order valence-electron chi connectivity index (χ1n) is 6.90. The fourth-order valence-corrected chi connectivity index (χ4v) is 2.83. The van der Waals surface area contributed by atoms with Crippen molar-refractivity contribution in [1.82, 2.24) is 0 Å². The maximum atomic E-state index is 6.55. The lowest BCUT2D eigenvalue weighted by atomic mass is 9.77. The van der Waals surface area contributed by atoms with Gasteiger partial charge in [0.25, 0.3) is 0 Å². The van der Waals surface area contributed by atoms with E-state index >= 15 is 0 Å². The van der Waals surface area contributed by atoms with E-state index in [1.165, 1.54) is 24.8 Å². The Labute approximate surface area is 108 Å². The lowest BCUT2D eigenvalue weighted by Gasteiger charge is -2.34. The normalized spacial score (nSPS) is 23.4. The number of hydrogen-bond donors (Lipinski definition) is 1. The van der Waals surface area contributed by atoms with Crippen LogP contribution in [0.2, 0.25) is 0 Å². The van der Waals surface area contributed by atoms with Crippen molar-refractivity contribution in [3.63, 3.8) is 0 Å². The van der Waals surface area contributed by atoms with Crippen LogP contribution in [-0.2, 0) is 10.3 Å². The molecule has 1 heterocycles. The molecule has 0 aromatic heterocycles. The first kappa shape index (κ1) is 12.0. The third-order valence-corrected chi connectivity index (χ3v) is 4.06. The van der Waals surface area contributed by atoms with Gasteiger partial charge < -0.3 is 15.2 Å². The van der Waals surface area contributed by atoms with E-state index in [2.05, 4.69) is 12.1 Å². The zero-order valence-electron chi connectivity index (χ0n) is 10.7. The molecule has 1 saturated carbocycles. The maximum absolute atomic E-state index is 6.55. The van der Waals surface area contributed by atoms with Crippen LogP contribution in [0.25, 0.3) is 0 Å². The number of nitrogens with two attached hydrogens (primary N) is 1. The Balaban J connectivity index is 1.76. The van der Waals surface area contributed by atoms with Gasteiger partial charge in [0, 0.05) is 5.54 Å². The molecule has 1 aromatic carbocycles. The molecule has 1 aromatic rings. The summed E-state index contributed by atoms with van der Waals surface area (Å²) in [7, 11) is 0. The summed E-state index contributed by atoms with van der Waals surface area (Å²) in [5.74, 6) is 0.927. The van der Waals surface area contributed by atoms with E-state index in [4.69, 9.17) is 15.2 Å². The number of rotatable bonds is 3. The topological polar surface area (TPSA) is 44.5 Å². The number of hydrogen-bond acceptors (Lipinski definition) is 3. The van der Waals surface area contributed by atoms with Gasteiger partial charge in [-0.05, 0) is 30.5 Å². The van der Waals surface area contributed by atoms with E-state index in [0.29, 0.717) is 13.2 Å². The van der Waals surface area contributed by atoms with Gasteiger partial charge in [-0.1, -0.05) is 31.4 Å². The molecule has 0 radical (unpaired) electrons. The monoisotopic (exact) mass is 247 g/mol. The smallest absolute Gasteiger partial charge is 0.145 e.